The Balaban J connectivity index is 1.75. The zero-order valence-electron chi connectivity index (χ0n) is 15.7. The predicted molar refractivity (Wildman–Crippen MR) is 106 cm³/mol. The highest BCUT2D eigenvalue weighted by Gasteiger charge is 2.12. The molecule has 0 spiro atoms. The number of fused-ring (bicyclic) bond motifs is 1. The van der Waals surface area contributed by atoms with Crippen molar-refractivity contribution >= 4 is 17.2 Å². The molecule has 3 heterocycles. The smallest absolute Gasteiger partial charge is 0.213 e. The van der Waals surface area contributed by atoms with E-state index in [1.54, 1.807) is 19.4 Å². The summed E-state index contributed by atoms with van der Waals surface area (Å²) in [7, 11) is 1.67. The van der Waals surface area contributed by atoms with Crippen LogP contribution in [0.15, 0.2) is 55.1 Å². The Morgan fingerprint density at radius 1 is 1.14 bits per heavy atom. The summed E-state index contributed by atoms with van der Waals surface area (Å²) in [6.45, 7) is 2.14. The Morgan fingerprint density at radius 3 is 2.82 bits per heavy atom. The van der Waals surface area contributed by atoms with Crippen LogP contribution in [0.4, 0.5) is 15.9 Å². The third kappa shape index (κ3) is 3.51. The molecule has 0 aliphatic heterocycles. The first-order valence-corrected chi connectivity index (χ1v) is 9.07. The molecule has 0 unspecified atom stereocenters. The second kappa shape index (κ2) is 7.64. The first-order chi connectivity index (χ1) is 13.7. The van der Waals surface area contributed by atoms with Gasteiger partial charge in [-0.25, -0.2) is 15.0 Å². The van der Waals surface area contributed by atoms with Crippen molar-refractivity contribution in [2.24, 2.45) is 0 Å². The van der Waals surface area contributed by atoms with Gasteiger partial charge in [0.25, 0.3) is 0 Å². The Labute approximate surface area is 162 Å². The fourth-order valence-electron chi connectivity index (χ4n) is 3.15. The van der Waals surface area contributed by atoms with E-state index in [2.05, 4.69) is 33.3 Å². The molecule has 0 bridgehead atoms. The van der Waals surface area contributed by atoms with E-state index in [9.17, 15) is 4.39 Å². The first-order valence-electron chi connectivity index (χ1n) is 9.07. The Bertz CT molecular complexity index is 1120. The van der Waals surface area contributed by atoms with Crippen LogP contribution >= 0.6 is 0 Å². The number of aromatic nitrogens is 4. The highest BCUT2D eigenvalue weighted by atomic mass is 19.1. The Kier molecular flexibility index (Phi) is 4.89. The summed E-state index contributed by atoms with van der Waals surface area (Å²) >= 11 is 0. The van der Waals surface area contributed by atoms with Gasteiger partial charge in [0.1, 0.15) is 5.75 Å². The molecule has 6 nitrogen and oxygen atoms in total. The van der Waals surface area contributed by atoms with Gasteiger partial charge in [0.15, 0.2) is 11.5 Å². The summed E-state index contributed by atoms with van der Waals surface area (Å²) in [5, 5.41) is 3.32. The molecule has 0 amide bonds. The van der Waals surface area contributed by atoms with Crippen LogP contribution in [0.25, 0.3) is 16.9 Å². The van der Waals surface area contributed by atoms with Gasteiger partial charge in [0.2, 0.25) is 5.95 Å². The lowest BCUT2D eigenvalue weighted by molar-refractivity contribution is 0.409. The van der Waals surface area contributed by atoms with E-state index in [4.69, 9.17) is 4.74 Å². The third-order valence-corrected chi connectivity index (χ3v) is 4.47. The number of ether oxygens (including phenoxy) is 1. The van der Waals surface area contributed by atoms with Crippen molar-refractivity contribution in [1.82, 2.24) is 19.4 Å². The maximum atomic E-state index is 13.6. The summed E-state index contributed by atoms with van der Waals surface area (Å²) in [6, 6.07) is 9.08. The monoisotopic (exact) mass is 377 g/mol. The minimum Gasteiger partial charge on any atom is -0.496 e. The summed E-state index contributed by atoms with van der Waals surface area (Å²) in [5.41, 5.74) is 3.93. The lowest BCUT2D eigenvalue weighted by Gasteiger charge is -2.13. The highest BCUT2D eigenvalue weighted by Crippen LogP contribution is 2.28. The summed E-state index contributed by atoms with van der Waals surface area (Å²) < 4.78 is 20.9. The average Bonchev–Trinajstić information content (AvgIpc) is 3.18. The molecule has 0 aliphatic carbocycles. The van der Waals surface area contributed by atoms with Gasteiger partial charge in [-0.1, -0.05) is 19.4 Å². The van der Waals surface area contributed by atoms with Gasteiger partial charge in [-0.15, -0.1) is 0 Å². The number of hydrogen-bond donors (Lipinski definition) is 1. The largest absolute Gasteiger partial charge is 0.496 e. The van der Waals surface area contributed by atoms with Crippen LogP contribution in [-0.4, -0.2) is 26.5 Å². The van der Waals surface area contributed by atoms with Gasteiger partial charge < -0.3 is 14.5 Å². The van der Waals surface area contributed by atoms with Crippen molar-refractivity contribution in [3.63, 3.8) is 0 Å². The van der Waals surface area contributed by atoms with Gasteiger partial charge >= 0.3 is 0 Å². The second-order valence-electron chi connectivity index (χ2n) is 6.40. The molecule has 3 aromatic heterocycles. The van der Waals surface area contributed by atoms with Crippen LogP contribution in [0.1, 0.15) is 18.9 Å². The highest BCUT2D eigenvalue weighted by molar-refractivity contribution is 5.74. The summed E-state index contributed by atoms with van der Waals surface area (Å²) in [5.74, 6) is 0.861. The van der Waals surface area contributed by atoms with E-state index in [1.807, 2.05) is 28.9 Å². The van der Waals surface area contributed by atoms with Gasteiger partial charge in [-0.3, -0.25) is 0 Å². The van der Waals surface area contributed by atoms with Crippen LogP contribution in [0.3, 0.4) is 0 Å². The molecule has 0 aliphatic rings. The number of nitrogens with one attached hydrogen (secondary N) is 1. The number of methoxy groups -OCH3 is 1. The number of halogens is 1. The average molecular weight is 377 g/mol. The predicted octanol–water partition coefficient (Wildman–Crippen LogP) is 4.64. The van der Waals surface area contributed by atoms with Crippen LogP contribution in [0.5, 0.6) is 5.75 Å². The molecule has 4 aromatic rings. The third-order valence-electron chi connectivity index (χ3n) is 4.47. The van der Waals surface area contributed by atoms with Gasteiger partial charge in [0.05, 0.1) is 12.8 Å². The van der Waals surface area contributed by atoms with Crippen LogP contribution in [0.2, 0.25) is 0 Å². The van der Waals surface area contributed by atoms with Crippen LogP contribution < -0.4 is 10.1 Å². The molecule has 1 N–H and O–H groups in total. The zero-order valence-corrected chi connectivity index (χ0v) is 15.7. The van der Waals surface area contributed by atoms with Crippen molar-refractivity contribution in [3.05, 3.63) is 66.6 Å². The van der Waals surface area contributed by atoms with E-state index in [0.717, 1.165) is 29.8 Å². The molecule has 0 saturated heterocycles. The fraction of sp³-hybridized carbons (Fsp3) is 0.190. The van der Waals surface area contributed by atoms with Crippen LogP contribution in [0, 0.1) is 5.95 Å². The Morgan fingerprint density at radius 2 is 2.04 bits per heavy atom. The number of aryl methyl sites for hydroxylation is 1. The second-order valence-corrected chi connectivity index (χ2v) is 6.40. The number of hydrogen-bond acceptors (Lipinski definition) is 5. The minimum absolute atomic E-state index is 0.546. The molecule has 0 atom stereocenters. The SMILES string of the molecule is CCCc1ccc(Nc2nc(-c3ccnc(F)c3)cn3ccnc23)cc1OC. The molecular formula is C21H20FN5O. The number of imidazole rings is 1. The maximum Gasteiger partial charge on any atom is 0.213 e. The van der Waals surface area contributed by atoms with Crippen molar-refractivity contribution in [2.75, 3.05) is 12.4 Å². The molecule has 0 saturated carbocycles. The van der Waals surface area contributed by atoms with Gasteiger partial charge in [-0.2, -0.15) is 4.39 Å². The molecule has 0 radical (unpaired) electrons. The lowest BCUT2D eigenvalue weighted by atomic mass is 10.1. The van der Waals surface area contributed by atoms with Crippen molar-refractivity contribution in [3.8, 4) is 17.0 Å². The maximum absolute atomic E-state index is 13.6. The van der Waals surface area contributed by atoms with Crippen molar-refractivity contribution < 1.29 is 9.13 Å². The van der Waals surface area contributed by atoms with Crippen molar-refractivity contribution in [2.45, 2.75) is 19.8 Å². The summed E-state index contributed by atoms with van der Waals surface area (Å²) in [6.07, 6.45) is 8.76. The number of nitrogens with zero attached hydrogens (tertiary/aromatic N) is 4. The molecular weight excluding hydrogens is 357 g/mol. The van der Waals surface area contributed by atoms with E-state index in [-0.39, 0.29) is 0 Å². The fourth-order valence-corrected chi connectivity index (χ4v) is 3.15. The quantitative estimate of drug-likeness (QED) is 0.496. The topological polar surface area (TPSA) is 64.3 Å². The molecule has 0 fully saturated rings. The molecule has 28 heavy (non-hydrogen) atoms. The number of pyridine rings is 1. The van der Waals surface area contributed by atoms with Crippen molar-refractivity contribution in [1.29, 1.82) is 0 Å². The summed E-state index contributed by atoms with van der Waals surface area (Å²) in [4.78, 5) is 12.6. The van der Waals surface area contributed by atoms with E-state index in [0.29, 0.717) is 22.7 Å². The zero-order chi connectivity index (χ0) is 19.5. The number of anilines is 2. The van der Waals surface area contributed by atoms with Gasteiger partial charge in [0, 0.05) is 48.2 Å². The molecule has 142 valence electrons. The lowest BCUT2D eigenvalue weighted by Crippen LogP contribution is -2.01. The van der Waals surface area contributed by atoms with E-state index >= 15 is 0 Å². The van der Waals surface area contributed by atoms with E-state index < -0.39 is 5.95 Å². The number of rotatable bonds is 6. The molecule has 7 heteroatoms. The molecule has 4 rings (SSSR count). The minimum atomic E-state index is -0.546. The molecule has 1 aromatic carbocycles. The van der Waals surface area contributed by atoms with Gasteiger partial charge in [-0.05, 0) is 24.1 Å². The normalized spacial score (nSPS) is 11.0. The van der Waals surface area contributed by atoms with Crippen LogP contribution in [-0.2, 0) is 6.42 Å². The Hall–Kier alpha value is -3.48. The van der Waals surface area contributed by atoms with E-state index in [1.165, 1.54) is 12.3 Å². The standard InChI is InChI=1S/C21H20FN5O/c1-3-4-14-5-6-16(12-18(14)28-2)25-20-21-24-9-10-27(21)13-17(26-20)15-7-8-23-19(22)11-15/h5-13H,3-4H2,1-2H3,(H,25,26). The first kappa shape index (κ1) is 17.9. The number of benzene rings is 1.